The molecular formula is C45H72N7O18P3S. The first kappa shape index (κ1) is 64.5. The maximum Gasteiger partial charge on any atom is 0.481 e. The van der Waals surface area contributed by atoms with Crippen molar-refractivity contribution in [1.29, 1.82) is 0 Å². The molecular weight excluding hydrogens is 1050 g/mol. The highest BCUT2D eigenvalue weighted by Crippen LogP contribution is 2.61. The van der Waals surface area contributed by atoms with Crippen molar-refractivity contribution in [3.63, 3.8) is 0 Å². The third kappa shape index (κ3) is 24.9. The Kier molecular flexibility index (Phi) is 28.5. The number of unbranched alkanes of at least 4 members (excludes halogenated alkanes) is 3. The number of imidazole rings is 1. The maximum absolute atomic E-state index is 12.8. The van der Waals surface area contributed by atoms with Gasteiger partial charge in [0.1, 0.15) is 36.3 Å². The minimum atomic E-state index is -5.60. The number of nitrogens with one attached hydrogen (secondary N) is 2. The summed E-state index contributed by atoms with van der Waals surface area (Å²) in [5.74, 6) is -1.28. The molecule has 3 rings (SSSR count). The van der Waals surface area contributed by atoms with E-state index >= 15 is 0 Å². The van der Waals surface area contributed by atoms with Crippen LogP contribution in [0.3, 0.4) is 0 Å². The number of amides is 2. The van der Waals surface area contributed by atoms with Gasteiger partial charge in [-0.25, -0.2) is 28.6 Å². The van der Waals surface area contributed by atoms with E-state index in [4.69, 9.17) is 19.5 Å². The second-order valence-corrected chi connectivity index (χ2v) is 22.9. The van der Waals surface area contributed by atoms with Crippen LogP contribution in [0.15, 0.2) is 73.4 Å². The van der Waals surface area contributed by atoms with Gasteiger partial charge < -0.3 is 56.0 Å². The highest BCUT2D eigenvalue weighted by molar-refractivity contribution is 8.13. The van der Waals surface area contributed by atoms with Crippen molar-refractivity contribution in [2.45, 2.75) is 135 Å². The molecule has 0 radical (unpaired) electrons. The first-order valence-corrected chi connectivity index (χ1v) is 29.4. The van der Waals surface area contributed by atoms with E-state index in [9.17, 15) is 63.0 Å². The number of ether oxygens (including phenoxy) is 1. The van der Waals surface area contributed by atoms with Gasteiger partial charge in [-0.2, -0.15) is 4.31 Å². The van der Waals surface area contributed by atoms with Crippen molar-refractivity contribution < 1.29 is 85.6 Å². The summed E-state index contributed by atoms with van der Waals surface area (Å²) in [6, 6.07) is 0. The SMILES string of the molecule is CCCCC/C=C\C/C=C\C/C=C\C/C=C\C/C=C\CCC(O)CC(=O)SCCNC(=O)CCNC(=O)[C@H](O)C(C)(C)COP(=O)(O)OP(=O)(O)OC[C@H]1O[C@@H](n2cnc3c(N)ncnc32)[C@H](O)[C@@H]1OP(=O)(O)O. The van der Waals surface area contributed by atoms with E-state index in [0.29, 0.717) is 12.8 Å². The zero-order valence-electron chi connectivity index (χ0n) is 41.7. The molecule has 29 heteroatoms. The van der Waals surface area contributed by atoms with Crippen LogP contribution >= 0.6 is 35.2 Å². The fraction of sp³-hybridized carbons (Fsp3) is 0.600. The fourth-order valence-electron chi connectivity index (χ4n) is 6.77. The zero-order chi connectivity index (χ0) is 54.8. The van der Waals surface area contributed by atoms with Gasteiger partial charge in [0.2, 0.25) is 11.8 Å². The Hall–Kier alpha value is -3.78. The highest BCUT2D eigenvalue weighted by atomic mass is 32.2. The van der Waals surface area contributed by atoms with E-state index in [1.165, 1.54) is 33.1 Å². The second kappa shape index (κ2) is 32.7. The van der Waals surface area contributed by atoms with E-state index in [1.54, 1.807) is 0 Å². The third-order valence-electron chi connectivity index (χ3n) is 10.7. The molecule has 0 bridgehead atoms. The first-order chi connectivity index (χ1) is 34.9. The van der Waals surface area contributed by atoms with Gasteiger partial charge in [0.25, 0.3) is 0 Å². The average Bonchev–Trinajstić information content (AvgIpc) is 3.89. The molecule has 3 unspecified atom stereocenters. The first-order valence-electron chi connectivity index (χ1n) is 23.9. The molecule has 1 saturated heterocycles. The number of carbonyl (C=O) groups excluding carboxylic acids is 3. The summed E-state index contributed by atoms with van der Waals surface area (Å²) in [5, 5.41) is 36.6. The molecule has 416 valence electrons. The molecule has 1 fully saturated rings. The molecule has 0 spiro atoms. The van der Waals surface area contributed by atoms with E-state index in [1.807, 2.05) is 12.2 Å². The number of anilines is 1. The van der Waals surface area contributed by atoms with Crippen molar-refractivity contribution in [1.82, 2.24) is 30.2 Å². The topological polar surface area (TPSA) is 384 Å². The molecule has 8 atom stereocenters. The Morgan fingerprint density at radius 1 is 0.865 bits per heavy atom. The summed E-state index contributed by atoms with van der Waals surface area (Å²) < 4.78 is 62.5. The van der Waals surface area contributed by atoms with Gasteiger partial charge in [-0.1, -0.05) is 106 Å². The molecule has 0 aromatic carbocycles. The number of fused-ring (bicyclic) bond motifs is 1. The van der Waals surface area contributed by atoms with Gasteiger partial charge in [0, 0.05) is 37.1 Å². The van der Waals surface area contributed by atoms with Gasteiger partial charge in [-0.15, -0.1) is 0 Å². The number of rotatable bonds is 36. The van der Waals surface area contributed by atoms with Crippen LogP contribution in [0.4, 0.5) is 5.82 Å². The lowest BCUT2D eigenvalue weighted by Gasteiger charge is -2.30. The molecule has 2 aromatic rings. The number of hydrogen-bond donors (Lipinski definition) is 10. The molecule has 11 N–H and O–H groups in total. The summed E-state index contributed by atoms with van der Waals surface area (Å²) in [4.78, 5) is 88.6. The van der Waals surface area contributed by atoms with E-state index in [-0.39, 0.29) is 53.8 Å². The van der Waals surface area contributed by atoms with Crippen LogP contribution in [0.2, 0.25) is 0 Å². The predicted octanol–water partition coefficient (Wildman–Crippen LogP) is 5.12. The number of thioether (sulfide) groups is 1. The van der Waals surface area contributed by atoms with Crippen LogP contribution in [0, 0.1) is 5.41 Å². The zero-order valence-corrected chi connectivity index (χ0v) is 45.2. The van der Waals surface area contributed by atoms with E-state index in [2.05, 4.69) is 90.0 Å². The molecule has 1 aliphatic rings. The molecule has 3 heterocycles. The van der Waals surface area contributed by atoms with Crippen molar-refractivity contribution in [2.24, 2.45) is 5.41 Å². The van der Waals surface area contributed by atoms with Crippen molar-refractivity contribution in [3.8, 4) is 0 Å². The number of nitrogen functional groups attached to an aromatic ring is 1. The number of allylic oxidation sites excluding steroid dienone is 10. The smallest absolute Gasteiger partial charge is 0.393 e. The molecule has 74 heavy (non-hydrogen) atoms. The van der Waals surface area contributed by atoms with E-state index < -0.39 is 90.7 Å². The molecule has 0 aliphatic carbocycles. The minimum Gasteiger partial charge on any atom is -0.393 e. The Balaban J connectivity index is 1.28. The normalized spacial score (nSPS) is 20.3. The number of nitrogens with zero attached hydrogens (tertiary/aromatic N) is 4. The Morgan fingerprint density at radius 2 is 1.47 bits per heavy atom. The number of hydrogen-bond acceptors (Lipinski definition) is 19. The average molecular weight is 1120 g/mol. The molecule has 1 aliphatic heterocycles. The van der Waals surface area contributed by atoms with Gasteiger partial charge in [-0.3, -0.25) is 32.5 Å². The summed E-state index contributed by atoms with van der Waals surface area (Å²) in [6.45, 7) is 2.55. The van der Waals surface area contributed by atoms with Crippen LogP contribution < -0.4 is 16.4 Å². The van der Waals surface area contributed by atoms with Gasteiger partial charge in [-0.05, 0) is 51.4 Å². The van der Waals surface area contributed by atoms with E-state index in [0.717, 1.165) is 61.1 Å². The Morgan fingerprint density at radius 3 is 2.09 bits per heavy atom. The van der Waals surface area contributed by atoms with Crippen molar-refractivity contribution in [2.75, 3.05) is 37.8 Å². The number of phosphoric acid groups is 3. The summed E-state index contributed by atoms with van der Waals surface area (Å²) in [7, 11) is -16.5. The minimum absolute atomic E-state index is 0.0247. The molecule has 2 amide bonds. The summed E-state index contributed by atoms with van der Waals surface area (Å²) in [6.07, 6.45) is 22.9. The largest absolute Gasteiger partial charge is 0.481 e. The summed E-state index contributed by atoms with van der Waals surface area (Å²) >= 11 is 0.966. The fourth-order valence-corrected chi connectivity index (χ4v) is 10.3. The number of aromatic nitrogens is 4. The van der Waals surface area contributed by atoms with Gasteiger partial charge >= 0.3 is 23.5 Å². The predicted molar refractivity (Wildman–Crippen MR) is 275 cm³/mol. The van der Waals surface area contributed by atoms with Crippen LogP contribution in [-0.4, -0.2) is 134 Å². The lowest BCUT2D eigenvalue weighted by atomic mass is 9.87. The Labute approximate surface area is 434 Å². The number of nitrogens with two attached hydrogens (primary N) is 1. The van der Waals surface area contributed by atoms with Gasteiger partial charge in [0.05, 0.1) is 25.6 Å². The highest BCUT2D eigenvalue weighted by Gasteiger charge is 2.50. The number of aliphatic hydroxyl groups is 3. The monoisotopic (exact) mass is 1120 g/mol. The lowest BCUT2D eigenvalue weighted by Crippen LogP contribution is -2.46. The van der Waals surface area contributed by atoms with Crippen LogP contribution in [0.25, 0.3) is 11.2 Å². The molecule has 0 saturated carbocycles. The van der Waals surface area contributed by atoms with Crippen molar-refractivity contribution in [3.05, 3.63) is 73.4 Å². The standard InChI is InChI=1S/C45H72N7O18P3S/c1-4-5-6-7-8-9-10-11-12-13-14-15-16-17-18-19-20-21-22-23-33(53)28-36(55)74-27-26-47-35(54)24-25-48-43(58)40(57)45(2,3)30-67-73(64,65)70-72(62,63)66-29-34-39(69-71(59,60)61)38(56)44(68-34)52-32-51-37-41(46)49-31-50-42(37)52/h8-9,11-12,14-15,17-18,20-21,31-34,38-40,44,53,56-57H,4-7,10,13,16,19,22-30H2,1-3H3,(H,47,54)(H,48,58)(H,62,63)(H,64,65)(H2,46,49,50)(H2,59,60,61)/b9-8-,12-11-,15-14-,18-17-,21-20-/t33?,34-,38-,39-,40+,44-/m1/s1. The summed E-state index contributed by atoms with van der Waals surface area (Å²) in [5.41, 5.74) is 4.24. The quantitative estimate of drug-likeness (QED) is 0.0240. The van der Waals surface area contributed by atoms with Crippen molar-refractivity contribution >= 4 is 69.1 Å². The lowest BCUT2D eigenvalue weighted by molar-refractivity contribution is -0.137. The van der Waals surface area contributed by atoms with Crippen LogP contribution in [0.1, 0.15) is 104 Å². The second-order valence-electron chi connectivity index (χ2n) is 17.5. The van der Waals surface area contributed by atoms with Crippen LogP contribution in [0.5, 0.6) is 0 Å². The van der Waals surface area contributed by atoms with Gasteiger partial charge in [0.15, 0.2) is 22.8 Å². The molecule has 2 aromatic heterocycles. The Bertz CT molecular complexity index is 2380. The van der Waals surface area contributed by atoms with Crippen LogP contribution in [-0.2, 0) is 50.7 Å². The maximum atomic E-state index is 12.8. The number of carbonyl (C=O) groups is 3. The third-order valence-corrected chi connectivity index (χ3v) is 14.7. The number of phosphoric ester groups is 3. The molecule has 25 nitrogen and oxygen atoms in total. The number of aliphatic hydroxyl groups excluding tert-OH is 3.